The Kier molecular flexibility index (Phi) is 5.57. The summed E-state index contributed by atoms with van der Waals surface area (Å²) in [6, 6.07) is 9.47. The average molecular weight is 353 g/mol. The van der Waals surface area contributed by atoms with E-state index in [1.165, 1.54) is 4.90 Å². The molecule has 0 aliphatic carbocycles. The third-order valence-corrected chi connectivity index (χ3v) is 4.92. The van der Waals surface area contributed by atoms with Crippen molar-refractivity contribution < 1.29 is 9.59 Å². The summed E-state index contributed by atoms with van der Waals surface area (Å²) < 4.78 is 0. The van der Waals surface area contributed by atoms with Gasteiger partial charge in [-0.15, -0.1) is 0 Å². The van der Waals surface area contributed by atoms with Crippen molar-refractivity contribution in [2.75, 3.05) is 18.4 Å². The zero-order valence-electron chi connectivity index (χ0n) is 15.5. The smallest absolute Gasteiger partial charge is 0.261 e. The molecule has 1 aliphatic heterocycles. The van der Waals surface area contributed by atoms with Crippen LogP contribution in [0.1, 0.15) is 60.2 Å². The number of rotatable bonds is 8. The minimum absolute atomic E-state index is 0.0871. The number of nitrogens with two attached hydrogens (primary N) is 1. The number of hydrogen-bond acceptors (Lipinski definition) is 4. The molecule has 3 N–H and O–H groups in total. The third-order valence-electron chi connectivity index (χ3n) is 4.92. The van der Waals surface area contributed by atoms with Gasteiger partial charge >= 0.3 is 0 Å². The number of nitrogens with zero attached hydrogens (tertiary/aromatic N) is 1. The normalized spacial score (nSPS) is 14.8. The van der Waals surface area contributed by atoms with Gasteiger partial charge in [0.25, 0.3) is 11.8 Å². The first-order valence-electron chi connectivity index (χ1n) is 9.49. The summed E-state index contributed by atoms with van der Waals surface area (Å²) in [5.41, 5.74) is 8.29. The molecule has 1 heterocycles. The molecule has 0 radical (unpaired) electrons. The number of nitrogens with one attached hydrogen (secondary N) is 1. The van der Waals surface area contributed by atoms with Crippen molar-refractivity contribution in [2.24, 2.45) is 5.73 Å². The fraction of sp³-hybridized carbons (Fsp3) is 0.429. The van der Waals surface area contributed by atoms with Gasteiger partial charge in [0.05, 0.1) is 0 Å². The van der Waals surface area contributed by atoms with Gasteiger partial charge < -0.3 is 11.1 Å². The highest BCUT2D eigenvalue weighted by molar-refractivity contribution is 6.26. The first-order valence-corrected chi connectivity index (χ1v) is 9.49. The molecule has 5 nitrogen and oxygen atoms in total. The molecule has 0 bridgehead atoms. The van der Waals surface area contributed by atoms with Crippen LogP contribution in [0.2, 0.25) is 0 Å². The number of benzene rings is 2. The Bertz CT molecular complexity index is 809. The summed E-state index contributed by atoms with van der Waals surface area (Å²) in [5, 5.41) is 5.06. The van der Waals surface area contributed by atoms with Crippen molar-refractivity contribution >= 4 is 28.3 Å². The first-order chi connectivity index (χ1) is 12.6. The molecule has 0 saturated carbocycles. The van der Waals surface area contributed by atoms with E-state index in [9.17, 15) is 9.59 Å². The maximum absolute atomic E-state index is 12.8. The number of hydrogen-bond donors (Lipinski definition) is 2. The van der Waals surface area contributed by atoms with E-state index in [0.29, 0.717) is 24.2 Å². The molecule has 0 saturated heterocycles. The van der Waals surface area contributed by atoms with Crippen molar-refractivity contribution in [2.45, 2.75) is 45.6 Å². The molecule has 1 aliphatic rings. The van der Waals surface area contributed by atoms with Crippen molar-refractivity contribution in [3.63, 3.8) is 0 Å². The van der Waals surface area contributed by atoms with E-state index < -0.39 is 0 Å². The molecule has 26 heavy (non-hydrogen) atoms. The van der Waals surface area contributed by atoms with Gasteiger partial charge in [-0.1, -0.05) is 38.8 Å². The summed E-state index contributed by atoms with van der Waals surface area (Å²) in [4.78, 5) is 26.9. The summed E-state index contributed by atoms with van der Waals surface area (Å²) in [5.74, 6) is -0.404. The standard InChI is InChI=1S/C21H27N3O2/c1-3-5-7-14(22)13-23-18-11-10-17-19-15(18)8-6-9-16(19)20(25)24(12-4-2)21(17)26/h6,8-11,14,23H,3-5,7,12-13,22H2,1-2H3. The van der Waals surface area contributed by atoms with Gasteiger partial charge in [0.1, 0.15) is 0 Å². The molecule has 0 spiro atoms. The zero-order valence-corrected chi connectivity index (χ0v) is 15.5. The lowest BCUT2D eigenvalue weighted by atomic mass is 9.93. The number of carbonyl (C=O) groups is 2. The molecule has 2 aromatic carbocycles. The summed E-state index contributed by atoms with van der Waals surface area (Å²) in [6.45, 7) is 5.23. The van der Waals surface area contributed by atoms with Crippen LogP contribution in [0.15, 0.2) is 30.3 Å². The van der Waals surface area contributed by atoms with Crippen LogP contribution in [0.25, 0.3) is 10.8 Å². The van der Waals surface area contributed by atoms with E-state index >= 15 is 0 Å². The van der Waals surface area contributed by atoms with Crippen molar-refractivity contribution in [3.8, 4) is 0 Å². The Balaban J connectivity index is 1.95. The highest BCUT2D eigenvalue weighted by atomic mass is 16.2. The molecular weight excluding hydrogens is 326 g/mol. The van der Waals surface area contributed by atoms with Gasteiger partial charge in [-0.3, -0.25) is 14.5 Å². The van der Waals surface area contributed by atoms with Crippen LogP contribution < -0.4 is 11.1 Å². The highest BCUT2D eigenvalue weighted by Gasteiger charge is 2.32. The molecule has 3 rings (SSSR count). The predicted octanol–water partition coefficient (Wildman–Crippen LogP) is 3.78. The number of amides is 2. The molecule has 2 amide bonds. The van der Waals surface area contributed by atoms with Crippen LogP contribution in [0.3, 0.4) is 0 Å². The van der Waals surface area contributed by atoms with Crippen LogP contribution in [0, 0.1) is 0 Å². The molecule has 0 aromatic heterocycles. The minimum Gasteiger partial charge on any atom is -0.383 e. The summed E-state index contributed by atoms with van der Waals surface area (Å²) in [6.07, 6.45) is 3.97. The van der Waals surface area contributed by atoms with Crippen LogP contribution in [-0.4, -0.2) is 35.8 Å². The Morgan fingerprint density at radius 2 is 1.77 bits per heavy atom. The number of carbonyl (C=O) groups excluding carboxylic acids is 2. The van der Waals surface area contributed by atoms with Gasteiger partial charge in [-0.2, -0.15) is 0 Å². The lowest BCUT2D eigenvalue weighted by Gasteiger charge is -2.27. The van der Waals surface area contributed by atoms with Crippen molar-refractivity contribution in [3.05, 3.63) is 41.5 Å². The van der Waals surface area contributed by atoms with Crippen LogP contribution in [0.4, 0.5) is 5.69 Å². The molecule has 2 aromatic rings. The Morgan fingerprint density at radius 3 is 2.46 bits per heavy atom. The van der Waals surface area contributed by atoms with E-state index in [0.717, 1.165) is 42.1 Å². The zero-order chi connectivity index (χ0) is 18.7. The molecular formula is C21H27N3O2. The van der Waals surface area contributed by atoms with Gasteiger partial charge in [-0.25, -0.2) is 0 Å². The van der Waals surface area contributed by atoms with Crippen LogP contribution in [0.5, 0.6) is 0 Å². The number of imide groups is 1. The largest absolute Gasteiger partial charge is 0.383 e. The SMILES string of the molecule is CCCCC(N)CNc1ccc2c3c(cccc13)C(=O)N(CCC)C2=O. The predicted molar refractivity (Wildman–Crippen MR) is 106 cm³/mol. The second kappa shape index (κ2) is 7.87. The second-order valence-electron chi connectivity index (χ2n) is 6.93. The fourth-order valence-corrected chi connectivity index (χ4v) is 3.54. The summed E-state index contributed by atoms with van der Waals surface area (Å²) in [7, 11) is 0. The van der Waals surface area contributed by atoms with Gasteiger partial charge in [0, 0.05) is 46.7 Å². The van der Waals surface area contributed by atoms with E-state index in [1.54, 1.807) is 6.07 Å². The quantitative estimate of drug-likeness (QED) is 0.708. The summed E-state index contributed by atoms with van der Waals surface area (Å²) >= 11 is 0. The molecule has 1 unspecified atom stereocenters. The van der Waals surface area contributed by atoms with E-state index in [4.69, 9.17) is 5.73 Å². The lowest BCUT2D eigenvalue weighted by molar-refractivity contribution is 0.0610. The van der Waals surface area contributed by atoms with Crippen LogP contribution >= 0.6 is 0 Å². The van der Waals surface area contributed by atoms with Gasteiger partial charge in [-0.05, 0) is 31.0 Å². The lowest BCUT2D eigenvalue weighted by Crippen LogP contribution is -2.40. The monoisotopic (exact) mass is 353 g/mol. The van der Waals surface area contributed by atoms with E-state index in [2.05, 4.69) is 12.2 Å². The second-order valence-corrected chi connectivity index (χ2v) is 6.93. The number of unbranched alkanes of at least 4 members (excludes halogenated alkanes) is 1. The topological polar surface area (TPSA) is 75.4 Å². The average Bonchev–Trinajstić information content (AvgIpc) is 2.66. The Morgan fingerprint density at radius 1 is 1.04 bits per heavy atom. The third kappa shape index (κ3) is 3.31. The molecule has 5 heteroatoms. The van der Waals surface area contributed by atoms with E-state index in [1.807, 2.05) is 31.2 Å². The molecule has 138 valence electrons. The van der Waals surface area contributed by atoms with Crippen molar-refractivity contribution in [1.29, 1.82) is 0 Å². The van der Waals surface area contributed by atoms with Crippen molar-refractivity contribution in [1.82, 2.24) is 4.90 Å². The highest BCUT2D eigenvalue weighted by Crippen LogP contribution is 2.34. The van der Waals surface area contributed by atoms with Gasteiger partial charge in [0.2, 0.25) is 0 Å². The fourth-order valence-electron chi connectivity index (χ4n) is 3.54. The molecule has 1 atom stereocenters. The van der Waals surface area contributed by atoms with Crippen LogP contribution in [-0.2, 0) is 0 Å². The number of anilines is 1. The Hall–Kier alpha value is -2.40. The first kappa shape index (κ1) is 18.4. The Labute approximate surface area is 154 Å². The maximum atomic E-state index is 12.8. The van der Waals surface area contributed by atoms with E-state index in [-0.39, 0.29) is 17.9 Å². The molecule has 0 fully saturated rings. The maximum Gasteiger partial charge on any atom is 0.261 e. The van der Waals surface area contributed by atoms with Gasteiger partial charge in [0.15, 0.2) is 0 Å². The minimum atomic E-state index is -0.202.